The van der Waals surface area contributed by atoms with Crippen LogP contribution in [0.5, 0.6) is 0 Å². The van der Waals surface area contributed by atoms with Crippen molar-refractivity contribution >= 4 is 0 Å². The van der Waals surface area contributed by atoms with Crippen LogP contribution in [0.4, 0.5) is 0 Å². The average Bonchev–Trinajstić information content (AvgIpc) is 2.23. The van der Waals surface area contributed by atoms with E-state index in [4.69, 9.17) is 9.47 Å². The van der Waals surface area contributed by atoms with Gasteiger partial charge >= 0.3 is 0 Å². The SMILES string of the molecule is CC(C)(C)C1OC(C(C)(C)C)C2(O)COC12. The first-order valence-corrected chi connectivity index (χ1v) is 6.06. The Balaban J connectivity index is 2.27. The Morgan fingerprint density at radius 3 is 1.81 bits per heavy atom. The predicted molar refractivity (Wildman–Crippen MR) is 62.3 cm³/mol. The lowest BCUT2D eigenvalue weighted by atomic mass is 9.72. The molecule has 1 N–H and O–H groups in total. The van der Waals surface area contributed by atoms with E-state index in [0.29, 0.717) is 6.61 Å². The topological polar surface area (TPSA) is 38.7 Å². The largest absolute Gasteiger partial charge is 0.382 e. The maximum atomic E-state index is 10.6. The fourth-order valence-corrected chi connectivity index (χ4v) is 2.87. The molecular weight excluding hydrogens is 204 g/mol. The summed E-state index contributed by atoms with van der Waals surface area (Å²) in [6, 6.07) is 0. The first kappa shape index (κ1) is 12.3. The third-order valence-corrected chi connectivity index (χ3v) is 3.64. The second-order valence-electron chi connectivity index (χ2n) is 7.39. The van der Waals surface area contributed by atoms with E-state index >= 15 is 0 Å². The van der Waals surface area contributed by atoms with E-state index in [0.717, 1.165) is 0 Å². The van der Waals surface area contributed by atoms with Gasteiger partial charge in [-0.25, -0.2) is 0 Å². The zero-order chi connectivity index (χ0) is 12.4. The van der Waals surface area contributed by atoms with Crippen molar-refractivity contribution in [1.29, 1.82) is 0 Å². The number of ether oxygens (including phenoxy) is 2. The lowest BCUT2D eigenvalue weighted by Gasteiger charge is -2.47. The zero-order valence-corrected chi connectivity index (χ0v) is 11.2. The third-order valence-electron chi connectivity index (χ3n) is 3.64. The van der Waals surface area contributed by atoms with Crippen molar-refractivity contribution in [1.82, 2.24) is 0 Å². The molecule has 0 aromatic rings. The van der Waals surface area contributed by atoms with Gasteiger partial charge in [0, 0.05) is 0 Å². The van der Waals surface area contributed by atoms with Crippen LogP contribution in [-0.2, 0) is 9.47 Å². The van der Waals surface area contributed by atoms with Crippen molar-refractivity contribution in [2.45, 2.75) is 65.5 Å². The molecule has 3 heteroatoms. The molecule has 0 aromatic heterocycles. The summed E-state index contributed by atoms with van der Waals surface area (Å²) in [4.78, 5) is 0. The second-order valence-corrected chi connectivity index (χ2v) is 7.39. The summed E-state index contributed by atoms with van der Waals surface area (Å²) >= 11 is 0. The zero-order valence-electron chi connectivity index (χ0n) is 11.2. The summed E-state index contributed by atoms with van der Waals surface area (Å²) < 4.78 is 11.7. The molecule has 2 heterocycles. The number of hydrogen-bond donors (Lipinski definition) is 1. The van der Waals surface area contributed by atoms with Gasteiger partial charge in [-0.05, 0) is 10.8 Å². The Labute approximate surface area is 98.1 Å². The summed E-state index contributed by atoms with van der Waals surface area (Å²) in [5.41, 5.74) is -0.841. The van der Waals surface area contributed by atoms with Gasteiger partial charge in [0.2, 0.25) is 0 Å². The second kappa shape index (κ2) is 3.21. The monoisotopic (exact) mass is 228 g/mol. The molecule has 4 unspecified atom stereocenters. The number of aliphatic hydroxyl groups is 1. The molecule has 2 aliphatic heterocycles. The van der Waals surface area contributed by atoms with Crippen LogP contribution in [0, 0.1) is 10.8 Å². The lowest BCUT2D eigenvalue weighted by molar-refractivity contribution is -0.242. The molecule has 2 saturated heterocycles. The molecular formula is C13H24O3. The summed E-state index contributed by atoms with van der Waals surface area (Å²) in [6.07, 6.45) is -0.310. The highest BCUT2D eigenvalue weighted by Crippen LogP contribution is 2.51. The number of hydrogen-bond acceptors (Lipinski definition) is 3. The standard InChI is InChI=1S/C13H24O3/c1-11(2,3)8-9-13(14,7-15-9)10(16-8)12(4,5)6/h8-10,14H,7H2,1-6H3. The molecule has 94 valence electrons. The van der Waals surface area contributed by atoms with Gasteiger partial charge in [-0.2, -0.15) is 0 Å². The van der Waals surface area contributed by atoms with Crippen molar-refractivity contribution in [3.05, 3.63) is 0 Å². The van der Waals surface area contributed by atoms with E-state index in [9.17, 15) is 5.11 Å². The molecule has 0 bridgehead atoms. The van der Waals surface area contributed by atoms with E-state index in [2.05, 4.69) is 41.5 Å². The van der Waals surface area contributed by atoms with Crippen molar-refractivity contribution in [2.75, 3.05) is 6.61 Å². The molecule has 16 heavy (non-hydrogen) atoms. The molecule has 2 fully saturated rings. The van der Waals surface area contributed by atoms with Crippen LogP contribution in [0.25, 0.3) is 0 Å². The molecule has 0 aromatic carbocycles. The third kappa shape index (κ3) is 1.60. The normalized spacial score (nSPS) is 44.1. The minimum absolute atomic E-state index is 0.000926. The molecule has 2 rings (SSSR count). The molecule has 4 atom stereocenters. The van der Waals surface area contributed by atoms with Crippen LogP contribution in [-0.4, -0.2) is 35.6 Å². The van der Waals surface area contributed by atoms with E-state index in [-0.39, 0.29) is 29.1 Å². The quantitative estimate of drug-likeness (QED) is 0.689. The highest BCUT2D eigenvalue weighted by molar-refractivity contribution is 5.15. The molecule has 0 saturated carbocycles. The Kier molecular flexibility index (Phi) is 2.48. The van der Waals surface area contributed by atoms with Crippen LogP contribution in [0.3, 0.4) is 0 Å². The van der Waals surface area contributed by atoms with E-state index in [1.54, 1.807) is 0 Å². The van der Waals surface area contributed by atoms with Gasteiger partial charge < -0.3 is 14.6 Å². The lowest BCUT2D eigenvalue weighted by Crippen LogP contribution is -2.65. The maximum Gasteiger partial charge on any atom is 0.143 e. The number of fused-ring (bicyclic) bond motifs is 1. The Bertz CT molecular complexity index is 287. The fraction of sp³-hybridized carbons (Fsp3) is 1.00. The summed E-state index contributed by atoms with van der Waals surface area (Å²) in [6.45, 7) is 13.1. The predicted octanol–water partition coefficient (Wildman–Crippen LogP) is 1.98. The Morgan fingerprint density at radius 2 is 1.62 bits per heavy atom. The van der Waals surface area contributed by atoms with Gasteiger partial charge in [-0.15, -0.1) is 0 Å². The summed E-state index contributed by atoms with van der Waals surface area (Å²) in [7, 11) is 0. The average molecular weight is 228 g/mol. The van der Waals surface area contributed by atoms with E-state index in [1.807, 2.05) is 0 Å². The van der Waals surface area contributed by atoms with Crippen molar-refractivity contribution in [3.63, 3.8) is 0 Å². The highest BCUT2D eigenvalue weighted by Gasteiger charge is 2.67. The molecule has 0 radical (unpaired) electrons. The van der Waals surface area contributed by atoms with Gasteiger partial charge in [0.25, 0.3) is 0 Å². The van der Waals surface area contributed by atoms with Gasteiger partial charge in [0.05, 0.1) is 18.8 Å². The fourth-order valence-electron chi connectivity index (χ4n) is 2.87. The molecule has 3 nitrogen and oxygen atoms in total. The van der Waals surface area contributed by atoms with Crippen LogP contribution in [0.1, 0.15) is 41.5 Å². The molecule has 2 aliphatic rings. The molecule has 0 aliphatic carbocycles. The first-order chi connectivity index (χ1) is 7.07. The molecule has 0 spiro atoms. The van der Waals surface area contributed by atoms with Crippen LogP contribution >= 0.6 is 0 Å². The van der Waals surface area contributed by atoms with Crippen LogP contribution in [0.2, 0.25) is 0 Å². The summed E-state index contributed by atoms with van der Waals surface area (Å²) in [5.74, 6) is 0. The minimum Gasteiger partial charge on any atom is -0.382 e. The van der Waals surface area contributed by atoms with Crippen LogP contribution in [0.15, 0.2) is 0 Å². The van der Waals surface area contributed by atoms with Crippen LogP contribution < -0.4 is 0 Å². The smallest absolute Gasteiger partial charge is 0.143 e. The minimum atomic E-state index is -0.782. The molecule has 0 amide bonds. The number of rotatable bonds is 0. The van der Waals surface area contributed by atoms with E-state index < -0.39 is 5.60 Å². The van der Waals surface area contributed by atoms with Gasteiger partial charge in [0.1, 0.15) is 11.7 Å². The van der Waals surface area contributed by atoms with Crippen molar-refractivity contribution < 1.29 is 14.6 Å². The van der Waals surface area contributed by atoms with Gasteiger partial charge in [-0.3, -0.25) is 0 Å². The maximum absolute atomic E-state index is 10.6. The first-order valence-electron chi connectivity index (χ1n) is 6.06. The summed E-state index contributed by atoms with van der Waals surface area (Å²) in [5, 5.41) is 10.6. The van der Waals surface area contributed by atoms with Crippen molar-refractivity contribution in [2.24, 2.45) is 10.8 Å². The van der Waals surface area contributed by atoms with Gasteiger partial charge in [-0.1, -0.05) is 41.5 Å². The van der Waals surface area contributed by atoms with Crippen molar-refractivity contribution in [3.8, 4) is 0 Å². The Morgan fingerprint density at radius 1 is 1.06 bits per heavy atom. The van der Waals surface area contributed by atoms with Gasteiger partial charge in [0.15, 0.2) is 0 Å². The van der Waals surface area contributed by atoms with E-state index in [1.165, 1.54) is 0 Å². The highest BCUT2D eigenvalue weighted by atomic mass is 16.6. The Hall–Kier alpha value is -0.120.